The largest absolute Gasteiger partial charge is 0.286 e. The Bertz CT molecular complexity index is 1130. The third-order valence-electron chi connectivity index (χ3n) is 4.93. The van der Waals surface area contributed by atoms with Crippen molar-refractivity contribution in [2.45, 2.75) is 38.6 Å². The third-order valence-corrected chi connectivity index (χ3v) is 6.37. The summed E-state index contributed by atoms with van der Waals surface area (Å²) in [6.45, 7) is 1.66. The molecule has 0 bridgehead atoms. The molecule has 1 atom stereocenters. The van der Waals surface area contributed by atoms with E-state index in [1.807, 2.05) is 6.07 Å². The molecule has 144 valence electrons. The number of amides is 1. The Hall–Kier alpha value is -2.51. The maximum absolute atomic E-state index is 13.0. The lowest BCUT2D eigenvalue weighted by Gasteiger charge is -2.14. The maximum Gasteiger partial charge on any atom is 0.263 e. The van der Waals surface area contributed by atoms with E-state index < -0.39 is 6.04 Å². The molecule has 0 aliphatic heterocycles. The van der Waals surface area contributed by atoms with Gasteiger partial charge in [-0.15, -0.1) is 11.3 Å². The minimum atomic E-state index is -0.722. The second kappa shape index (κ2) is 7.85. The van der Waals surface area contributed by atoms with Crippen LogP contribution >= 0.6 is 22.9 Å². The summed E-state index contributed by atoms with van der Waals surface area (Å²) in [5.41, 5.74) is 4.21. The van der Waals surface area contributed by atoms with Gasteiger partial charge in [0.05, 0.1) is 17.9 Å². The number of fused-ring (bicyclic) bond motifs is 3. The number of carbonyl (C=O) groups excluding carboxylic acids is 1. The molecule has 1 unspecified atom stereocenters. The zero-order valence-corrected chi connectivity index (χ0v) is 16.9. The SMILES string of the molecule is CC(C(=O)N/N=C\c1cccc(Cl)c1)n1cnc2sc3c(c2c1=O)CCCC3. The van der Waals surface area contributed by atoms with Crippen LogP contribution < -0.4 is 11.0 Å². The molecule has 1 aliphatic carbocycles. The minimum Gasteiger partial charge on any atom is -0.286 e. The van der Waals surface area contributed by atoms with Gasteiger partial charge in [-0.05, 0) is 55.9 Å². The fourth-order valence-corrected chi connectivity index (χ4v) is 4.83. The number of nitrogens with zero attached hydrogens (tertiary/aromatic N) is 3. The van der Waals surface area contributed by atoms with Crippen LogP contribution in [0.15, 0.2) is 40.5 Å². The van der Waals surface area contributed by atoms with Crippen LogP contribution in [-0.4, -0.2) is 21.7 Å². The molecule has 8 heteroatoms. The number of hydrogen-bond donors (Lipinski definition) is 1. The van der Waals surface area contributed by atoms with Crippen LogP contribution in [0.2, 0.25) is 5.02 Å². The Balaban J connectivity index is 1.56. The van der Waals surface area contributed by atoms with Gasteiger partial charge >= 0.3 is 0 Å². The molecule has 0 saturated heterocycles. The van der Waals surface area contributed by atoms with Crippen LogP contribution in [0.4, 0.5) is 0 Å². The Kier molecular flexibility index (Phi) is 5.28. The van der Waals surface area contributed by atoms with Crippen molar-refractivity contribution in [1.82, 2.24) is 15.0 Å². The number of carbonyl (C=O) groups is 1. The summed E-state index contributed by atoms with van der Waals surface area (Å²) in [7, 11) is 0. The van der Waals surface area contributed by atoms with E-state index in [-0.39, 0.29) is 11.5 Å². The first-order chi connectivity index (χ1) is 13.5. The van der Waals surface area contributed by atoms with Gasteiger partial charge < -0.3 is 0 Å². The number of thiophene rings is 1. The first-order valence-corrected chi connectivity index (χ1v) is 10.3. The predicted molar refractivity (Wildman–Crippen MR) is 112 cm³/mol. The van der Waals surface area contributed by atoms with Crippen molar-refractivity contribution in [3.63, 3.8) is 0 Å². The fourth-order valence-electron chi connectivity index (χ4n) is 3.41. The number of benzene rings is 1. The molecule has 0 radical (unpaired) electrons. The molecule has 1 N–H and O–H groups in total. The Labute approximate surface area is 170 Å². The second-order valence-corrected chi connectivity index (χ2v) is 8.33. The normalized spacial score (nSPS) is 14.9. The smallest absolute Gasteiger partial charge is 0.263 e. The summed E-state index contributed by atoms with van der Waals surface area (Å²) >= 11 is 7.53. The lowest BCUT2D eigenvalue weighted by molar-refractivity contribution is -0.123. The van der Waals surface area contributed by atoms with Gasteiger partial charge in [0.25, 0.3) is 11.5 Å². The number of hydrazone groups is 1. The first-order valence-electron chi connectivity index (χ1n) is 9.14. The molecule has 2 heterocycles. The lowest BCUT2D eigenvalue weighted by atomic mass is 9.97. The van der Waals surface area contributed by atoms with Crippen LogP contribution in [0.1, 0.15) is 41.8 Å². The van der Waals surface area contributed by atoms with Crippen LogP contribution in [0, 0.1) is 0 Å². The highest BCUT2D eigenvalue weighted by atomic mass is 35.5. The molecule has 3 aromatic rings. The van der Waals surface area contributed by atoms with Gasteiger partial charge in [0.2, 0.25) is 0 Å². The quantitative estimate of drug-likeness (QED) is 0.522. The van der Waals surface area contributed by atoms with Crippen molar-refractivity contribution < 1.29 is 4.79 Å². The average Bonchev–Trinajstić information content (AvgIpc) is 3.07. The summed E-state index contributed by atoms with van der Waals surface area (Å²) < 4.78 is 1.38. The Morgan fingerprint density at radius 1 is 1.39 bits per heavy atom. The number of hydrogen-bond acceptors (Lipinski definition) is 5. The van der Waals surface area contributed by atoms with E-state index in [0.29, 0.717) is 10.4 Å². The van der Waals surface area contributed by atoms with Crippen LogP contribution in [0.3, 0.4) is 0 Å². The van der Waals surface area contributed by atoms with Gasteiger partial charge in [-0.3, -0.25) is 14.2 Å². The van der Waals surface area contributed by atoms with Crippen LogP contribution in [0.5, 0.6) is 0 Å². The molecule has 1 aromatic carbocycles. The van der Waals surface area contributed by atoms with E-state index in [0.717, 1.165) is 41.6 Å². The summed E-state index contributed by atoms with van der Waals surface area (Å²) in [4.78, 5) is 32.0. The van der Waals surface area contributed by atoms with Crippen LogP contribution in [0.25, 0.3) is 10.2 Å². The van der Waals surface area contributed by atoms with E-state index in [9.17, 15) is 9.59 Å². The number of halogens is 1. The summed E-state index contributed by atoms with van der Waals surface area (Å²) in [6.07, 6.45) is 7.11. The molecule has 0 fully saturated rings. The zero-order chi connectivity index (χ0) is 19.7. The Morgan fingerprint density at radius 3 is 3.04 bits per heavy atom. The summed E-state index contributed by atoms with van der Waals surface area (Å²) in [6, 6.07) is 6.41. The fraction of sp³-hybridized carbons (Fsp3) is 0.300. The minimum absolute atomic E-state index is 0.161. The van der Waals surface area contributed by atoms with E-state index in [1.165, 1.54) is 22.0 Å². The van der Waals surface area contributed by atoms with Gasteiger partial charge in [-0.2, -0.15) is 5.10 Å². The lowest BCUT2D eigenvalue weighted by Crippen LogP contribution is -2.34. The molecule has 1 aliphatic rings. The van der Waals surface area contributed by atoms with Crippen molar-refractivity contribution in [3.05, 3.63) is 62.0 Å². The molecular formula is C20H19ClN4O2S. The van der Waals surface area contributed by atoms with Gasteiger partial charge in [-0.25, -0.2) is 10.4 Å². The highest BCUT2D eigenvalue weighted by Crippen LogP contribution is 2.33. The third kappa shape index (κ3) is 3.59. The standard InChI is InChI=1S/C20H19ClN4O2S/c1-12(18(26)24-23-10-13-5-4-6-14(21)9-13)25-11-22-19-17(20(25)27)15-7-2-3-8-16(15)28-19/h4-6,9-12H,2-3,7-8H2,1H3,(H,24,26)/b23-10-. The highest BCUT2D eigenvalue weighted by Gasteiger charge is 2.23. The molecule has 6 nitrogen and oxygen atoms in total. The van der Waals surface area contributed by atoms with Crippen LogP contribution in [-0.2, 0) is 17.6 Å². The summed E-state index contributed by atoms with van der Waals surface area (Å²) in [5, 5.41) is 5.23. The van der Waals surface area contributed by atoms with Gasteiger partial charge in [0.15, 0.2) is 0 Å². The van der Waals surface area contributed by atoms with Crippen molar-refractivity contribution in [1.29, 1.82) is 0 Å². The monoisotopic (exact) mass is 414 g/mol. The highest BCUT2D eigenvalue weighted by molar-refractivity contribution is 7.18. The molecular weight excluding hydrogens is 396 g/mol. The van der Waals surface area contributed by atoms with Gasteiger partial charge in [0.1, 0.15) is 10.9 Å². The topological polar surface area (TPSA) is 76.3 Å². The molecule has 4 rings (SSSR count). The van der Waals surface area contributed by atoms with Crippen molar-refractivity contribution >= 4 is 45.3 Å². The molecule has 0 saturated carbocycles. The van der Waals surface area contributed by atoms with E-state index in [4.69, 9.17) is 11.6 Å². The first kappa shape index (κ1) is 18.8. The summed E-state index contributed by atoms with van der Waals surface area (Å²) in [5.74, 6) is -0.384. The zero-order valence-electron chi connectivity index (χ0n) is 15.3. The number of aromatic nitrogens is 2. The van der Waals surface area contributed by atoms with Crippen molar-refractivity contribution in [2.24, 2.45) is 5.10 Å². The number of aryl methyl sites for hydroxylation is 2. The number of rotatable bonds is 4. The molecule has 1 amide bonds. The van der Waals surface area contributed by atoms with E-state index >= 15 is 0 Å². The molecule has 0 spiro atoms. The average molecular weight is 415 g/mol. The van der Waals surface area contributed by atoms with Gasteiger partial charge in [-0.1, -0.05) is 23.7 Å². The predicted octanol–water partition coefficient (Wildman–Crippen LogP) is 3.70. The van der Waals surface area contributed by atoms with Crippen molar-refractivity contribution in [2.75, 3.05) is 0 Å². The van der Waals surface area contributed by atoms with E-state index in [1.54, 1.807) is 36.5 Å². The Morgan fingerprint density at radius 2 is 2.21 bits per heavy atom. The molecule has 28 heavy (non-hydrogen) atoms. The number of nitrogens with one attached hydrogen (secondary N) is 1. The van der Waals surface area contributed by atoms with Crippen molar-refractivity contribution in [3.8, 4) is 0 Å². The van der Waals surface area contributed by atoms with Gasteiger partial charge in [0, 0.05) is 9.90 Å². The second-order valence-electron chi connectivity index (χ2n) is 6.81. The maximum atomic E-state index is 13.0. The van der Waals surface area contributed by atoms with E-state index in [2.05, 4.69) is 15.5 Å². The molecule has 2 aromatic heterocycles.